The molecule has 0 atom stereocenters. The molecule has 2 rings (SSSR count). The molecule has 2 aromatic rings. The Bertz CT molecular complexity index is 577. The Morgan fingerprint density at radius 3 is 2.84 bits per heavy atom. The first-order valence-electron chi connectivity index (χ1n) is 5.60. The van der Waals surface area contributed by atoms with Gasteiger partial charge in [-0.2, -0.15) is 5.10 Å². The van der Waals surface area contributed by atoms with Crippen molar-refractivity contribution >= 4 is 11.7 Å². The molecule has 0 aromatic carbocycles. The number of anilines is 1. The third-order valence-corrected chi connectivity index (χ3v) is 2.70. The van der Waals surface area contributed by atoms with E-state index in [-0.39, 0.29) is 5.56 Å². The summed E-state index contributed by atoms with van der Waals surface area (Å²) in [5, 5.41) is 16.1. The van der Waals surface area contributed by atoms with Crippen molar-refractivity contribution in [2.45, 2.75) is 6.54 Å². The van der Waals surface area contributed by atoms with Gasteiger partial charge in [-0.1, -0.05) is 0 Å². The molecule has 0 amide bonds. The van der Waals surface area contributed by atoms with Gasteiger partial charge in [0.1, 0.15) is 5.56 Å². The Hall–Kier alpha value is -2.57. The topological polar surface area (TPSA) is 89.3 Å². The van der Waals surface area contributed by atoms with Gasteiger partial charge in [0.05, 0.1) is 37.4 Å². The van der Waals surface area contributed by atoms with Crippen molar-refractivity contribution in [3.63, 3.8) is 0 Å². The second-order valence-electron chi connectivity index (χ2n) is 3.88. The second kappa shape index (κ2) is 5.38. The molecule has 2 N–H and O–H groups in total. The summed E-state index contributed by atoms with van der Waals surface area (Å²) in [4.78, 5) is 15.1. The van der Waals surface area contributed by atoms with E-state index in [0.717, 1.165) is 5.69 Å². The van der Waals surface area contributed by atoms with Gasteiger partial charge in [0.15, 0.2) is 0 Å². The highest BCUT2D eigenvalue weighted by Gasteiger charge is 2.14. The summed E-state index contributed by atoms with van der Waals surface area (Å²) in [6.07, 6.45) is 2.96. The predicted octanol–water partition coefficient (Wildman–Crippen LogP) is 1.13. The lowest BCUT2D eigenvalue weighted by molar-refractivity contribution is 0.0695. The Morgan fingerprint density at radius 1 is 1.47 bits per heavy atom. The molecule has 0 aliphatic carbocycles. The first-order chi connectivity index (χ1) is 9.11. The molecular weight excluding hydrogens is 248 g/mol. The molecule has 0 aliphatic rings. The van der Waals surface area contributed by atoms with Crippen LogP contribution in [0, 0.1) is 0 Å². The fourth-order valence-corrected chi connectivity index (χ4v) is 1.64. The molecule has 0 spiro atoms. The smallest absolute Gasteiger partial charge is 0.339 e. The molecule has 2 heterocycles. The molecule has 0 bridgehead atoms. The summed E-state index contributed by atoms with van der Waals surface area (Å²) in [6.45, 7) is 0.353. The SMILES string of the molecule is COc1ccc(NCc2c(C(=O)O)cnn2C)cn1. The summed E-state index contributed by atoms with van der Waals surface area (Å²) in [5.41, 5.74) is 1.57. The quantitative estimate of drug-likeness (QED) is 0.839. The molecular formula is C12H14N4O3. The van der Waals surface area contributed by atoms with E-state index in [1.54, 1.807) is 26.4 Å². The van der Waals surface area contributed by atoms with E-state index in [1.807, 2.05) is 6.07 Å². The van der Waals surface area contributed by atoms with Gasteiger partial charge in [0.25, 0.3) is 0 Å². The number of methoxy groups -OCH3 is 1. The van der Waals surface area contributed by atoms with Gasteiger partial charge >= 0.3 is 5.97 Å². The number of hydrogen-bond donors (Lipinski definition) is 2. The molecule has 0 radical (unpaired) electrons. The van der Waals surface area contributed by atoms with Gasteiger partial charge in [0, 0.05) is 13.1 Å². The number of aromatic nitrogens is 3. The summed E-state index contributed by atoms with van der Waals surface area (Å²) in [6, 6.07) is 3.53. The average molecular weight is 262 g/mol. The highest BCUT2D eigenvalue weighted by atomic mass is 16.5. The molecule has 7 heteroatoms. The lowest BCUT2D eigenvalue weighted by Gasteiger charge is -2.08. The van der Waals surface area contributed by atoms with Crippen molar-refractivity contribution in [3.8, 4) is 5.88 Å². The van der Waals surface area contributed by atoms with Crippen molar-refractivity contribution in [2.75, 3.05) is 12.4 Å². The Labute approximate surface area is 109 Å². The lowest BCUT2D eigenvalue weighted by Crippen LogP contribution is -2.10. The molecule has 19 heavy (non-hydrogen) atoms. The zero-order chi connectivity index (χ0) is 13.8. The van der Waals surface area contributed by atoms with Gasteiger partial charge in [-0.15, -0.1) is 0 Å². The average Bonchev–Trinajstić information content (AvgIpc) is 2.78. The van der Waals surface area contributed by atoms with Crippen LogP contribution in [0.25, 0.3) is 0 Å². The van der Waals surface area contributed by atoms with Crippen LogP contribution in [0.3, 0.4) is 0 Å². The molecule has 2 aromatic heterocycles. The third kappa shape index (κ3) is 2.82. The van der Waals surface area contributed by atoms with Gasteiger partial charge in [0.2, 0.25) is 5.88 Å². The van der Waals surface area contributed by atoms with E-state index >= 15 is 0 Å². The fourth-order valence-electron chi connectivity index (χ4n) is 1.64. The maximum atomic E-state index is 11.0. The highest BCUT2D eigenvalue weighted by molar-refractivity contribution is 5.88. The minimum atomic E-state index is -0.988. The van der Waals surface area contributed by atoms with E-state index in [9.17, 15) is 4.79 Å². The van der Waals surface area contributed by atoms with Crippen LogP contribution < -0.4 is 10.1 Å². The van der Waals surface area contributed by atoms with Crippen LogP contribution in [-0.4, -0.2) is 33.0 Å². The van der Waals surface area contributed by atoms with E-state index in [1.165, 1.54) is 10.9 Å². The number of carboxylic acid groups (broad SMARTS) is 1. The van der Waals surface area contributed by atoms with Gasteiger partial charge in [-0.3, -0.25) is 4.68 Å². The molecule has 0 saturated carbocycles. The maximum Gasteiger partial charge on any atom is 0.339 e. The number of ether oxygens (including phenoxy) is 1. The number of carboxylic acids is 1. The summed E-state index contributed by atoms with van der Waals surface area (Å²) in [5.74, 6) is -0.463. The summed E-state index contributed by atoms with van der Waals surface area (Å²) in [7, 11) is 3.25. The number of aromatic carboxylic acids is 1. The van der Waals surface area contributed by atoms with Crippen LogP contribution in [0.15, 0.2) is 24.5 Å². The first kappa shape index (κ1) is 12.9. The Balaban J connectivity index is 2.09. The normalized spacial score (nSPS) is 10.2. The second-order valence-corrected chi connectivity index (χ2v) is 3.88. The van der Waals surface area contributed by atoms with Crippen LogP contribution in [0.4, 0.5) is 5.69 Å². The summed E-state index contributed by atoms with van der Waals surface area (Å²) < 4.78 is 6.49. The third-order valence-electron chi connectivity index (χ3n) is 2.70. The minimum Gasteiger partial charge on any atom is -0.481 e. The van der Waals surface area contributed by atoms with Crippen molar-refractivity contribution in [1.29, 1.82) is 0 Å². The first-order valence-corrected chi connectivity index (χ1v) is 5.60. The lowest BCUT2D eigenvalue weighted by atomic mass is 10.2. The van der Waals surface area contributed by atoms with Crippen LogP contribution in [0.2, 0.25) is 0 Å². The van der Waals surface area contributed by atoms with Crippen LogP contribution in [0.1, 0.15) is 16.1 Å². The number of nitrogens with zero attached hydrogens (tertiary/aromatic N) is 3. The van der Waals surface area contributed by atoms with Crippen molar-refractivity contribution in [2.24, 2.45) is 7.05 Å². The van der Waals surface area contributed by atoms with Crippen molar-refractivity contribution < 1.29 is 14.6 Å². The number of rotatable bonds is 5. The zero-order valence-corrected chi connectivity index (χ0v) is 10.6. The van der Waals surface area contributed by atoms with E-state index < -0.39 is 5.97 Å². The van der Waals surface area contributed by atoms with E-state index in [0.29, 0.717) is 18.1 Å². The molecule has 0 saturated heterocycles. The monoisotopic (exact) mass is 262 g/mol. The zero-order valence-electron chi connectivity index (χ0n) is 10.6. The molecule has 0 fully saturated rings. The van der Waals surface area contributed by atoms with Gasteiger partial charge in [-0.05, 0) is 6.07 Å². The minimum absolute atomic E-state index is 0.191. The number of nitrogens with one attached hydrogen (secondary N) is 1. The van der Waals surface area contributed by atoms with Crippen molar-refractivity contribution in [1.82, 2.24) is 14.8 Å². The van der Waals surface area contributed by atoms with Gasteiger partial charge in [-0.25, -0.2) is 9.78 Å². The Kier molecular flexibility index (Phi) is 3.65. The van der Waals surface area contributed by atoms with Crippen LogP contribution in [-0.2, 0) is 13.6 Å². The molecule has 0 unspecified atom stereocenters. The van der Waals surface area contributed by atoms with Gasteiger partial charge < -0.3 is 15.2 Å². The van der Waals surface area contributed by atoms with Crippen LogP contribution in [0.5, 0.6) is 5.88 Å². The molecule has 0 aliphatic heterocycles. The predicted molar refractivity (Wildman–Crippen MR) is 68.3 cm³/mol. The Morgan fingerprint density at radius 2 is 2.26 bits per heavy atom. The molecule has 100 valence electrons. The number of carbonyl (C=O) groups is 1. The van der Waals surface area contributed by atoms with E-state index in [4.69, 9.17) is 9.84 Å². The fraction of sp³-hybridized carbons (Fsp3) is 0.250. The summed E-state index contributed by atoms with van der Waals surface area (Å²) >= 11 is 0. The number of pyridine rings is 1. The molecule has 7 nitrogen and oxygen atoms in total. The standard InChI is InChI=1S/C12H14N4O3/c1-16-10(9(6-15-16)12(17)18)7-13-8-3-4-11(19-2)14-5-8/h3-6,13H,7H2,1-2H3,(H,17,18). The van der Waals surface area contributed by atoms with Crippen LogP contribution >= 0.6 is 0 Å². The van der Waals surface area contributed by atoms with Crippen molar-refractivity contribution in [3.05, 3.63) is 35.8 Å². The maximum absolute atomic E-state index is 11.0. The number of aryl methyl sites for hydroxylation is 1. The largest absolute Gasteiger partial charge is 0.481 e. The highest BCUT2D eigenvalue weighted by Crippen LogP contribution is 2.14. The number of hydrogen-bond acceptors (Lipinski definition) is 5. The van der Waals surface area contributed by atoms with E-state index in [2.05, 4.69) is 15.4 Å².